The number of carbonyl (C=O) groups excluding carboxylic acids is 1. The summed E-state index contributed by atoms with van der Waals surface area (Å²) >= 11 is 0. The monoisotopic (exact) mass is 219 g/mol. The molecule has 0 fully saturated rings. The molecule has 0 aromatic carbocycles. The molecule has 0 spiro atoms. The van der Waals surface area contributed by atoms with Gasteiger partial charge in [-0.3, -0.25) is 0 Å². The predicted octanol–water partition coefficient (Wildman–Crippen LogP) is 1.31. The molecule has 0 unspecified atom stereocenters. The van der Waals surface area contributed by atoms with E-state index in [1.807, 2.05) is 0 Å². The van der Waals surface area contributed by atoms with Crippen LogP contribution in [0.3, 0.4) is 0 Å². The zero-order valence-electron chi connectivity index (χ0n) is 8.58. The molecular weight excluding hydrogens is 210 g/mol. The van der Waals surface area contributed by atoms with Crippen molar-refractivity contribution in [3.05, 3.63) is 30.2 Å². The lowest BCUT2D eigenvalue weighted by atomic mass is 10.2. The molecule has 0 bridgehead atoms. The molecule has 0 atom stereocenters. The summed E-state index contributed by atoms with van der Waals surface area (Å²) in [4.78, 5) is 11.3. The molecule has 2 rings (SSSR count). The smallest absolute Gasteiger partial charge is 0.360 e. The molecule has 0 aliphatic rings. The highest BCUT2D eigenvalue weighted by Crippen LogP contribution is 2.18. The first-order valence-electron chi connectivity index (χ1n) is 4.72. The third-order valence-corrected chi connectivity index (χ3v) is 1.86. The Hall–Kier alpha value is -2.24. The highest BCUT2D eigenvalue weighted by atomic mass is 16.5. The highest BCUT2D eigenvalue weighted by Gasteiger charge is 2.14. The Balaban J connectivity index is 2.23. The summed E-state index contributed by atoms with van der Waals surface area (Å²) in [6.07, 6.45) is 3.05. The molecule has 0 N–H and O–H groups in total. The molecular formula is C10H9N3O3. The Bertz CT molecular complexity index is 481. The molecule has 2 aromatic heterocycles. The van der Waals surface area contributed by atoms with E-state index in [1.54, 1.807) is 13.0 Å². The minimum absolute atomic E-state index is 0.147. The van der Waals surface area contributed by atoms with Gasteiger partial charge in [-0.2, -0.15) is 10.2 Å². The van der Waals surface area contributed by atoms with E-state index in [-0.39, 0.29) is 5.69 Å². The summed E-state index contributed by atoms with van der Waals surface area (Å²) in [5, 5.41) is 10.9. The molecule has 82 valence electrons. The molecule has 0 aliphatic heterocycles. The lowest BCUT2D eigenvalue weighted by Gasteiger charge is -1.94. The first-order chi connectivity index (χ1) is 7.81. The Morgan fingerprint density at radius 3 is 3.06 bits per heavy atom. The zero-order chi connectivity index (χ0) is 11.4. The minimum Gasteiger partial charge on any atom is -0.461 e. The van der Waals surface area contributed by atoms with Gasteiger partial charge in [0.25, 0.3) is 0 Å². The van der Waals surface area contributed by atoms with Crippen LogP contribution >= 0.6 is 0 Å². The van der Waals surface area contributed by atoms with E-state index < -0.39 is 5.97 Å². The van der Waals surface area contributed by atoms with E-state index >= 15 is 0 Å². The summed E-state index contributed by atoms with van der Waals surface area (Å²) in [6, 6.07) is 3.22. The van der Waals surface area contributed by atoms with Crippen molar-refractivity contribution in [2.24, 2.45) is 0 Å². The number of hydrogen-bond acceptors (Lipinski definition) is 6. The first kappa shape index (κ1) is 10.3. The van der Waals surface area contributed by atoms with Gasteiger partial charge in [0, 0.05) is 11.6 Å². The van der Waals surface area contributed by atoms with Gasteiger partial charge in [-0.25, -0.2) is 4.79 Å². The van der Waals surface area contributed by atoms with Gasteiger partial charge in [0.15, 0.2) is 11.5 Å². The van der Waals surface area contributed by atoms with Crippen LogP contribution in [0.5, 0.6) is 0 Å². The van der Waals surface area contributed by atoms with Crippen LogP contribution in [-0.2, 0) is 4.74 Å². The molecule has 0 radical (unpaired) electrons. The molecule has 16 heavy (non-hydrogen) atoms. The van der Waals surface area contributed by atoms with Gasteiger partial charge in [0.2, 0.25) is 0 Å². The Morgan fingerprint density at radius 2 is 2.38 bits per heavy atom. The number of esters is 1. The van der Waals surface area contributed by atoms with Gasteiger partial charge in [0.1, 0.15) is 0 Å². The number of ether oxygens (including phenoxy) is 1. The Morgan fingerprint density at radius 1 is 1.50 bits per heavy atom. The van der Waals surface area contributed by atoms with Gasteiger partial charge >= 0.3 is 5.97 Å². The van der Waals surface area contributed by atoms with Crippen molar-refractivity contribution in [3.8, 4) is 11.3 Å². The summed E-state index contributed by atoms with van der Waals surface area (Å²) < 4.78 is 9.79. The van der Waals surface area contributed by atoms with Crippen LogP contribution in [0.2, 0.25) is 0 Å². The van der Waals surface area contributed by atoms with Crippen molar-refractivity contribution in [1.29, 1.82) is 0 Å². The normalized spacial score (nSPS) is 10.1. The lowest BCUT2D eigenvalue weighted by Crippen LogP contribution is -2.04. The van der Waals surface area contributed by atoms with Gasteiger partial charge in [0.05, 0.1) is 19.0 Å². The van der Waals surface area contributed by atoms with Gasteiger partial charge in [-0.05, 0) is 13.0 Å². The molecule has 0 aliphatic carbocycles. The fourth-order valence-corrected chi connectivity index (χ4v) is 1.15. The van der Waals surface area contributed by atoms with Crippen molar-refractivity contribution >= 4 is 5.97 Å². The Labute approximate surface area is 91.2 Å². The fourth-order valence-electron chi connectivity index (χ4n) is 1.15. The first-order valence-corrected chi connectivity index (χ1v) is 4.72. The second kappa shape index (κ2) is 4.52. The number of hydrogen-bond donors (Lipinski definition) is 0. The van der Waals surface area contributed by atoms with Crippen LogP contribution in [0, 0.1) is 0 Å². The number of carbonyl (C=O) groups is 1. The molecule has 6 heteroatoms. The van der Waals surface area contributed by atoms with E-state index in [9.17, 15) is 4.79 Å². The van der Waals surface area contributed by atoms with E-state index in [4.69, 9.17) is 9.26 Å². The molecule has 2 heterocycles. The van der Waals surface area contributed by atoms with E-state index in [2.05, 4.69) is 15.4 Å². The maximum atomic E-state index is 11.3. The van der Waals surface area contributed by atoms with Gasteiger partial charge in [-0.15, -0.1) is 0 Å². The number of aromatic nitrogens is 3. The maximum absolute atomic E-state index is 11.3. The average Bonchev–Trinajstić information content (AvgIpc) is 2.80. The summed E-state index contributed by atoms with van der Waals surface area (Å²) in [5.41, 5.74) is 0.853. The third-order valence-electron chi connectivity index (χ3n) is 1.86. The second-order valence-electron chi connectivity index (χ2n) is 2.93. The highest BCUT2D eigenvalue weighted by molar-refractivity contribution is 5.88. The molecule has 6 nitrogen and oxygen atoms in total. The van der Waals surface area contributed by atoms with Crippen molar-refractivity contribution in [1.82, 2.24) is 15.4 Å². The minimum atomic E-state index is -0.500. The van der Waals surface area contributed by atoms with Crippen LogP contribution < -0.4 is 0 Å². The molecule has 2 aromatic rings. The maximum Gasteiger partial charge on any atom is 0.360 e. The second-order valence-corrected chi connectivity index (χ2v) is 2.93. The quantitative estimate of drug-likeness (QED) is 0.724. The van der Waals surface area contributed by atoms with E-state index in [1.165, 1.54) is 18.5 Å². The van der Waals surface area contributed by atoms with Crippen LogP contribution in [0.15, 0.2) is 29.0 Å². The van der Waals surface area contributed by atoms with Gasteiger partial charge in [-0.1, -0.05) is 5.16 Å². The topological polar surface area (TPSA) is 78.1 Å². The number of nitrogens with zero attached hydrogens (tertiary/aromatic N) is 3. The van der Waals surface area contributed by atoms with Gasteiger partial charge < -0.3 is 9.26 Å². The van der Waals surface area contributed by atoms with E-state index in [0.717, 1.165) is 0 Å². The SMILES string of the molecule is CCOC(=O)c1cc(-c2ccnnc2)on1. The third kappa shape index (κ3) is 2.05. The standard InChI is InChI=1S/C10H9N3O3/c1-2-15-10(14)8-5-9(16-13-8)7-3-4-11-12-6-7/h3-6H,2H2,1H3. The molecule has 0 saturated heterocycles. The summed E-state index contributed by atoms with van der Waals surface area (Å²) in [6.45, 7) is 2.03. The fraction of sp³-hybridized carbons (Fsp3) is 0.200. The largest absolute Gasteiger partial charge is 0.461 e. The number of rotatable bonds is 3. The molecule has 0 amide bonds. The van der Waals surface area contributed by atoms with Crippen LogP contribution in [0.4, 0.5) is 0 Å². The lowest BCUT2D eigenvalue weighted by molar-refractivity contribution is 0.0514. The Kier molecular flexibility index (Phi) is 2.90. The van der Waals surface area contributed by atoms with Crippen LogP contribution in [0.25, 0.3) is 11.3 Å². The molecule has 0 saturated carbocycles. The van der Waals surface area contributed by atoms with Crippen molar-refractivity contribution in [3.63, 3.8) is 0 Å². The summed E-state index contributed by atoms with van der Waals surface area (Å²) in [7, 11) is 0. The van der Waals surface area contributed by atoms with Crippen molar-refractivity contribution in [2.75, 3.05) is 6.61 Å². The van der Waals surface area contributed by atoms with E-state index in [0.29, 0.717) is 17.9 Å². The van der Waals surface area contributed by atoms with Crippen molar-refractivity contribution < 1.29 is 14.1 Å². The summed E-state index contributed by atoms with van der Waals surface area (Å²) in [5.74, 6) is -0.0440. The van der Waals surface area contributed by atoms with Crippen LogP contribution in [-0.4, -0.2) is 27.9 Å². The zero-order valence-corrected chi connectivity index (χ0v) is 8.58. The average molecular weight is 219 g/mol. The van der Waals surface area contributed by atoms with Crippen LogP contribution in [0.1, 0.15) is 17.4 Å². The van der Waals surface area contributed by atoms with Crippen molar-refractivity contribution in [2.45, 2.75) is 6.92 Å². The predicted molar refractivity (Wildman–Crippen MR) is 53.5 cm³/mol.